The molecule has 0 saturated carbocycles. The molecule has 1 aliphatic heterocycles. The molecule has 8 heteroatoms. The number of carbonyl (C=O) groups is 1. The monoisotopic (exact) mass is 387 g/mol. The van der Waals surface area contributed by atoms with Crippen LogP contribution in [0.25, 0.3) is 11.0 Å². The van der Waals surface area contributed by atoms with Crippen molar-refractivity contribution in [3.63, 3.8) is 0 Å². The molecule has 146 valence electrons. The van der Waals surface area contributed by atoms with Crippen molar-refractivity contribution in [2.45, 2.75) is 32.0 Å². The summed E-state index contributed by atoms with van der Waals surface area (Å²) in [7, 11) is 0. The van der Waals surface area contributed by atoms with E-state index in [-0.39, 0.29) is 24.2 Å². The van der Waals surface area contributed by atoms with Gasteiger partial charge in [0.2, 0.25) is 5.91 Å². The summed E-state index contributed by atoms with van der Waals surface area (Å²) in [6.07, 6.45) is 2.10. The van der Waals surface area contributed by atoms with E-state index in [1.54, 1.807) is 18.2 Å². The van der Waals surface area contributed by atoms with Crippen LogP contribution in [0, 0.1) is 0 Å². The second-order valence-electron chi connectivity index (χ2n) is 6.60. The lowest BCUT2D eigenvalue weighted by atomic mass is 10.1. The van der Waals surface area contributed by atoms with Crippen molar-refractivity contribution in [1.82, 2.24) is 9.97 Å². The molecule has 1 aromatic heterocycles. The number of halogens is 2. The van der Waals surface area contributed by atoms with Crippen LogP contribution in [-0.4, -0.2) is 29.1 Å². The van der Waals surface area contributed by atoms with Gasteiger partial charge in [-0.25, -0.2) is 4.98 Å². The first-order valence-electron chi connectivity index (χ1n) is 9.02. The number of benzene rings is 2. The fourth-order valence-corrected chi connectivity index (χ4v) is 3.23. The lowest BCUT2D eigenvalue weighted by molar-refractivity contribution is -0.115. The highest BCUT2D eigenvalue weighted by Crippen LogP contribution is 2.28. The molecule has 1 saturated heterocycles. The summed E-state index contributed by atoms with van der Waals surface area (Å²) in [6, 6.07) is 11.5. The predicted molar refractivity (Wildman–Crippen MR) is 99.4 cm³/mol. The Morgan fingerprint density at radius 1 is 1.29 bits per heavy atom. The van der Waals surface area contributed by atoms with Gasteiger partial charge >= 0.3 is 6.61 Å². The number of alkyl halides is 2. The van der Waals surface area contributed by atoms with Gasteiger partial charge in [-0.2, -0.15) is 8.78 Å². The maximum absolute atomic E-state index is 12.3. The minimum absolute atomic E-state index is 0.00228. The number of aromatic amines is 1. The predicted octanol–water partition coefficient (Wildman–Crippen LogP) is 4.20. The number of nitrogens with one attached hydrogen (secondary N) is 2. The van der Waals surface area contributed by atoms with Crippen LogP contribution in [0.4, 0.5) is 14.5 Å². The number of carbonyl (C=O) groups excluding carboxylic acids is 1. The van der Waals surface area contributed by atoms with Crippen molar-refractivity contribution in [1.29, 1.82) is 0 Å². The molecule has 1 aliphatic rings. The largest absolute Gasteiger partial charge is 0.435 e. The van der Waals surface area contributed by atoms with E-state index in [0.717, 1.165) is 36.3 Å². The maximum atomic E-state index is 12.3. The van der Waals surface area contributed by atoms with Gasteiger partial charge in [0, 0.05) is 12.3 Å². The van der Waals surface area contributed by atoms with Gasteiger partial charge in [-0.15, -0.1) is 0 Å². The van der Waals surface area contributed by atoms with E-state index in [2.05, 4.69) is 20.0 Å². The number of ether oxygens (including phenoxy) is 2. The third-order valence-corrected chi connectivity index (χ3v) is 4.53. The van der Waals surface area contributed by atoms with Gasteiger partial charge in [-0.05, 0) is 48.7 Å². The standard InChI is InChI=1S/C20H19F2N3O3/c21-20(22)28-14-6-3-12(4-7-14)10-18(26)23-13-5-8-15-16(11-13)25-19(24-15)17-2-1-9-27-17/h3-8,11,17,20H,1-2,9-10H2,(H,23,26)(H,24,25). The number of fused-ring (bicyclic) bond motifs is 1. The third-order valence-electron chi connectivity index (χ3n) is 4.53. The topological polar surface area (TPSA) is 76.2 Å². The molecule has 2 N–H and O–H groups in total. The molecule has 0 aliphatic carbocycles. The Balaban J connectivity index is 1.40. The molecule has 28 heavy (non-hydrogen) atoms. The second kappa shape index (κ2) is 7.93. The number of rotatable bonds is 6. The van der Waals surface area contributed by atoms with E-state index in [4.69, 9.17) is 4.74 Å². The van der Waals surface area contributed by atoms with Crippen LogP contribution in [-0.2, 0) is 16.0 Å². The van der Waals surface area contributed by atoms with Gasteiger partial charge in [0.1, 0.15) is 17.7 Å². The SMILES string of the molecule is O=C(Cc1ccc(OC(F)F)cc1)Nc1ccc2nc(C3CCCO3)[nH]c2c1. The summed E-state index contributed by atoms with van der Waals surface area (Å²) >= 11 is 0. The van der Waals surface area contributed by atoms with E-state index in [1.807, 2.05) is 12.1 Å². The third kappa shape index (κ3) is 4.28. The van der Waals surface area contributed by atoms with Gasteiger partial charge in [0.15, 0.2) is 0 Å². The fraction of sp³-hybridized carbons (Fsp3) is 0.300. The zero-order valence-corrected chi connectivity index (χ0v) is 15.0. The van der Waals surface area contributed by atoms with Crippen molar-refractivity contribution in [2.75, 3.05) is 11.9 Å². The van der Waals surface area contributed by atoms with E-state index in [9.17, 15) is 13.6 Å². The first-order chi connectivity index (χ1) is 13.6. The molecule has 3 aromatic rings. The fourth-order valence-electron chi connectivity index (χ4n) is 3.23. The molecule has 2 aromatic carbocycles. The summed E-state index contributed by atoms with van der Waals surface area (Å²) in [6.45, 7) is -2.12. The number of hydrogen-bond acceptors (Lipinski definition) is 4. The Labute approximate surface area is 159 Å². The Morgan fingerprint density at radius 2 is 2.11 bits per heavy atom. The molecular weight excluding hydrogens is 368 g/mol. The minimum atomic E-state index is -2.87. The molecule has 1 atom stereocenters. The van der Waals surface area contributed by atoms with Crippen molar-refractivity contribution >= 4 is 22.6 Å². The molecule has 1 amide bonds. The van der Waals surface area contributed by atoms with Gasteiger partial charge in [-0.3, -0.25) is 4.79 Å². The van der Waals surface area contributed by atoms with Crippen molar-refractivity contribution in [2.24, 2.45) is 0 Å². The molecule has 1 unspecified atom stereocenters. The number of amides is 1. The number of anilines is 1. The number of hydrogen-bond donors (Lipinski definition) is 2. The van der Waals surface area contributed by atoms with E-state index in [1.165, 1.54) is 12.1 Å². The van der Waals surface area contributed by atoms with Crippen LogP contribution < -0.4 is 10.1 Å². The molecule has 0 bridgehead atoms. The summed E-state index contributed by atoms with van der Waals surface area (Å²) in [5.74, 6) is 0.661. The van der Waals surface area contributed by atoms with E-state index in [0.29, 0.717) is 11.3 Å². The number of H-pyrrole nitrogens is 1. The summed E-state index contributed by atoms with van der Waals surface area (Å²) in [5.41, 5.74) is 3.00. The molecule has 2 heterocycles. The van der Waals surface area contributed by atoms with E-state index < -0.39 is 6.61 Å². The first kappa shape index (κ1) is 18.4. The van der Waals surface area contributed by atoms with Gasteiger partial charge in [-0.1, -0.05) is 12.1 Å². The molecule has 6 nitrogen and oxygen atoms in total. The molecule has 0 spiro atoms. The van der Waals surface area contributed by atoms with Gasteiger partial charge < -0.3 is 19.8 Å². The zero-order valence-electron chi connectivity index (χ0n) is 15.0. The highest BCUT2D eigenvalue weighted by Gasteiger charge is 2.21. The van der Waals surface area contributed by atoms with E-state index >= 15 is 0 Å². The molecule has 4 rings (SSSR count). The highest BCUT2D eigenvalue weighted by molar-refractivity contribution is 5.94. The average molecular weight is 387 g/mol. The number of imidazole rings is 1. The number of nitrogens with zero attached hydrogens (tertiary/aromatic N) is 1. The molecular formula is C20H19F2N3O3. The first-order valence-corrected chi connectivity index (χ1v) is 9.02. The normalized spacial score (nSPS) is 16.6. The maximum Gasteiger partial charge on any atom is 0.387 e. The van der Waals surface area contributed by atoms with Crippen molar-refractivity contribution in [3.8, 4) is 5.75 Å². The summed E-state index contributed by atoms with van der Waals surface area (Å²) in [5, 5.41) is 2.84. The van der Waals surface area contributed by atoms with Crippen molar-refractivity contribution in [3.05, 3.63) is 53.9 Å². The van der Waals surface area contributed by atoms with Gasteiger partial charge in [0.05, 0.1) is 17.5 Å². The van der Waals surface area contributed by atoms with Crippen LogP contribution in [0.5, 0.6) is 5.75 Å². The second-order valence-corrected chi connectivity index (χ2v) is 6.60. The summed E-state index contributed by atoms with van der Waals surface area (Å²) < 4.78 is 34.3. The van der Waals surface area contributed by atoms with Crippen LogP contribution in [0.1, 0.15) is 30.3 Å². The Morgan fingerprint density at radius 3 is 2.82 bits per heavy atom. The quantitative estimate of drug-likeness (QED) is 0.665. The molecule has 1 fully saturated rings. The highest BCUT2D eigenvalue weighted by atomic mass is 19.3. The smallest absolute Gasteiger partial charge is 0.387 e. The van der Waals surface area contributed by atoms with Crippen LogP contribution in [0.3, 0.4) is 0 Å². The lowest BCUT2D eigenvalue weighted by Gasteiger charge is -2.07. The Bertz CT molecular complexity index is 966. The number of aromatic nitrogens is 2. The Hall–Kier alpha value is -3.00. The lowest BCUT2D eigenvalue weighted by Crippen LogP contribution is -2.14. The summed E-state index contributed by atoms with van der Waals surface area (Å²) in [4.78, 5) is 20.1. The van der Waals surface area contributed by atoms with Crippen molar-refractivity contribution < 1.29 is 23.0 Å². The van der Waals surface area contributed by atoms with Crippen LogP contribution in [0.15, 0.2) is 42.5 Å². The van der Waals surface area contributed by atoms with Crippen LogP contribution in [0.2, 0.25) is 0 Å². The molecule has 0 radical (unpaired) electrons. The average Bonchev–Trinajstić information content (AvgIpc) is 3.31. The van der Waals surface area contributed by atoms with Crippen LogP contribution >= 0.6 is 0 Å². The minimum Gasteiger partial charge on any atom is -0.435 e. The Kier molecular flexibility index (Phi) is 5.21. The van der Waals surface area contributed by atoms with Gasteiger partial charge in [0.25, 0.3) is 0 Å². The zero-order chi connectivity index (χ0) is 19.5.